The summed E-state index contributed by atoms with van der Waals surface area (Å²) in [6.07, 6.45) is 3.32. The molecular weight excluding hydrogens is 272 g/mol. The third-order valence-electron chi connectivity index (χ3n) is 2.79. The Hall–Kier alpha value is -2.14. The van der Waals surface area contributed by atoms with E-state index in [9.17, 15) is 4.79 Å². The van der Waals surface area contributed by atoms with Crippen LogP contribution in [0.3, 0.4) is 0 Å². The average Bonchev–Trinajstić information content (AvgIpc) is 2.86. The number of carbonyl (C=O) groups excluding carboxylic acids is 1. The predicted molar refractivity (Wildman–Crippen MR) is 82.8 cm³/mol. The van der Waals surface area contributed by atoms with Crippen molar-refractivity contribution in [2.75, 3.05) is 19.5 Å². The molecule has 0 aliphatic rings. The summed E-state index contributed by atoms with van der Waals surface area (Å²) < 4.78 is 5.25. The molecule has 104 valence electrons. The minimum absolute atomic E-state index is 0.0487. The van der Waals surface area contributed by atoms with Crippen LogP contribution in [0.1, 0.15) is 20.9 Å². The summed E-state index contributed by atoms with van der Waals surface area (Å²) in [6, 6.07) is 7.57. The Bertz CT molecular complexity index is 647. The van der Waals surface area contributed by atoms with E-state index in [1.807, 2.05) is 31.2 Å². The van der Waals surface area contributed by atoms with E-state index >= 15 is 0 Å². The fourth-order valence-corrected chi connectivity index (χ4v) is 2.62. The molecule has 5 heteroatoms. The van der Waals surface area contributed by atoms with Gasteiger partial charge in [-0.25, -0.2) is 4.98 Å². The zero-order chi connectivity index (χ0) is 14.5. The molecule has 0 aliphatic carbocycles. The van der Waals surface area contributed by atoms with Crippen LogP contribution in [0.25, 0.3) is 6.08 Å². The minimum Gasteiger partial charge on any atom is -0.496 e. The smallest absolute Gasteiger partial charge is 0.197 e. The van der Waals surface area contributed by atoms with E-state index in [0.717, 1.165) is 22.1 Å². The molecule has 0 saturated heterocycles. The molecule has 0 aliphatic heterocycles. The molecule has 0 saturated carbocycles. The number of ether oxygens (including phenoxy) is 1. The molecule has 0 unspecified atom stereocenters. The number of anilines is 1. The Morgan fingerprint density at radius 1 is 1.40 bits per heavy atom. The van der Waals surface area contributed by atoms with E-state index in [2.05, 4.69) is 10.3 Å². The number of ketones is 1. The lowest BCUT2D eigenvalue weighted by Crippen LogP contribution is -1.93. The zero-order valence-electron chi connectivity index (χ0n) is 11.6. The van der Waals surface area contributed by atoms with Gasteiger partial charge in [-0.1, -0.05) is 29.5 Å². The van der Waals surface area contributed by atoms with Gasteiger partial charge in [-0.15, -0.1) is 0 Å². The Labute approximate surface area is 122 Å². The number of benzene rings is 1. The third kappa shape index (κ3) is 3.05. The maximum absolute atomic E-state index is 12.2. The first-order chi connectivity index (χ1) is 9.65. The maximum Gasteiger partial charge on any atom is 0.197 e. The molecule has 0 spiro atoms. The van der Waals surface area contributed by atoms with Crippen LogP contribution in [0.5, 0.6) is 5.75 Å². The Morgan fingerprint density at radius 2 is 2.15 bits per heavy atom. The summed E-state index contributed by atoms with van der Waals surface area (Å²) in [4.78, 5) is 17.1. The number of hydrogen-bond acceptors (Lipinski definition) is 5. The van der Waals surface area contributed by atoms with Crippen molar-refractivity contribution in [1.29, 1.82) is 0 Å². The van der Waals surface area contributed by atoms with Gasteiger partial charge in [0.05, 0.1) is 17.7 Å². The number of aryl methyl sites for hydroxylation is 1. The fourth-order valence-electron chi connectivity index (χ4n) is 1.78. The molecule has 0 radical (unpaired) electrons. The number of aromatic nitrogens is 1. The number of para-hydroxylation sites is 1. The molecule has 0 atom stereocenters. The van der Waals surface area contributed by atoms with Gasteiger partial charge in [0.15, 0.2) is 10.9 Å². The Balaban J connectivity index is 2.22. The standard InChI is InChI=1S/C15H16N2O2S/c1-10-14(20-15(16-2)17-10)12(18)9-8-11-6-4-5-7-13(11)19-3/h4-9H,1-3H3,(H,16,17)/b9-8+. The van der Waals surface area contributed by atoms with E-state index in [4.69, 9.17) is 4.74 Å². The quantitative estimate of drug-likeness (QED) is 0.677. The SMILES string of the molecule is CNc1nc(C)c(C(=O)/C=C/c2ccccc2OC)s1. The van der Waals surface area contributed by atoms with Crippen LogP contribution in [0.4, 0.5) is 5.13 Å². The van der Waals surface area contributed by atoms with E-state index in [1.165, 1.54) is 11.3 Å². The normalized spacial score (nSPS) is 10.8. The highest BCUT2D eigenvalue weighted by molar-refractivity contribution is 7.17. The Morgan fingerprint density at radius 3 is 2.80 bits per heavy atom. The second-order valence-corrected chi connectivity index (χ2v) is 5.12. The molecule has 1 heterocycles. The molecule has 1 aromatic heterocycles. The van der Waals surface area contributed by atoms with Crippen molar-refractivity contribution in [3.63, 3.8) is 0 Å². The minimum atomic E-state index is -0.0487. The van der Waals surface area contributed by atoms with E-state index in [1.54, 1.807) is 26.3 Å². The number of rotatable bonds is 5. The number of thiazole rings is 1. The molecule has 2 rings (SSSR count). The third-order valence-corrected chi connectivity index (χ3v) is 3.98. The Kier molecular flexibility index (Phi) is 4.53. The van der Waals surface area contributed by atoms with Crippen LogP contribution in [0, 0.1) is 6.92 Å². The van der Waals surface area contributed by atoms with Crippen molar-refractivity contribution < 1.29 is 9.53 Å². The number of carbonyl (C=O) groups is 1. The van der Waals surface area contributed by atoms with Gasteiger partial charge in [-0.05, 0) is 25.1 Å². The molecule has 0 fully saturated rings. The number of nitrogens with one attached hydrogen (secondary N) is 1. The topological polar surface area (TPSA) is 51.2 Å². The second-order valence-electron chi connectivity index (χ2n) is 4.12. The fraction of sp³-hybridized carbons (Fsp3) is 0.200. The highest BCUT2D eigenvalue weighted by atomic mass is 32.1. The van der Waals surface area contributed by atoms with Crippen LogP contribution in [0.15, 0.2) is 30.3 Å². The first-order valence-corrected chi connectivity index (χ1v) is 6.98. The lowest BCUT2D eigenvalue weighted by Gasteiger charge is -2.02. The molecule has 1 aromatic carbocycles. The highest BCUT2D eigenvalue weighted by Gasteiger charge is 2.12. The zero-order valence-corrected chi connectivity index (χ0v) is 12.5. The molecule has 1 N–H and O–H groups in total. The first-order valence-electron chi connectivity index (χ1n) is 6.16. The van der Waals surface area contributed by atoms with E-state index in [-0.39, 0.29) is 5.78 Å². The van der Waals surface area contributed by atoms with Crippen LogP contribution in [0.2, 0.25) is 0 Å². The van der Waals surface area contributed by atoms with Crippen molar-refractivity contribution in [3.8, 4) is 5.75 Å². The number of methoxy groups -OCH3 is 1. The largest absolute Gasteiger partial charge is 0.496 e. The molecule has 4 nitrogen and oxygen atoms in total. The summed E-state index contributed by atoms with van der Waals surface area (Å²) in [5, 5.41) is 3.69. The van der Waals surface area contributed by atoms with Crippen molar-refractivity contribution >= 4 is 28.3 Å². The number of nitrogens with zero attached hydrogens (tertiary/aromatic N) is 1. The second kappa shape index (κ2) is 6.34. The van der Waals surface area contributed by atoms with Crippen LogP contribution in [-0.4, -0.2) is 24.9 Å². The van der Waals surface area contributed by atoms with Gasteiger partial charge in [0.1, 0.15) is 5.75 Å². The summed E-state index contributed by atoms with van der Waals surface area (Å²) in [5.74, 6) is 0.695. The first kappa shape index (κ1) is 14.3. The van der Waals surface area contributed by atoms with E-state index in [0.29, 0.717) is 4.88 Å². The molecular formula is C15H16N2O2S. The van der Waals surface area contributed by atoms with E-state index < -0.39 is 0 Å². The summed E-state index contributed by atoms with van der Waals surface area (Å²) in [5.41, 5.74) is 1.62. The molecule has 20 heavy (non-hydrogen) atoms. The molecule has 2 aromatic rings. The van der Waals surface area contributed by atoms with Crippen LogP contribution >= 0.6 is 11.3 Å². The summed E-state index contributed by atoms with van der Waals surface area (Å²) in [6.45, 7) is 1.83. The summed E-state index contributed by atoms with van der Waals surface area (Å²) >= 11 is 1.36. The van der Waals surface area contributed by atoms with Gasteiger partial charge in [0.2, 0.25) is 0 Å². The number of allylic oxidation sites excluding steroid dienone is 1. The monoisotopic (exact) mass is 288 g/mol. The summed E-state index contributed by atoms with van der Waals surface area (Å²) in [7, 11) is 3.40. The van der Waals surface area contributed by atoms with Crippen LogP contribution < -0.4 is 10.1 Å². The molecule has 0 bridgehead atoms. The van der Waals surface area contributed by atoms with Crippen molar-refractivity contribution in [1.82, 2.24) is 4.98 Å². The number of hydrogen-bond donors (Lipinski definition) is 1. The van der Waals surface area contributed by atoms with Gasteiger partial charge in [0.25, 0.3) is 0 Å². The van der Waals surface area contributed by atoms with Gasteiger partial charge >= 0.3 is 0 Å². The maximum atomic E-state index is 12.2. The highest BCUT2D eigenvalue weighted by Crippen LogP contribution is 2.24. The van der Waals surface area contributed by atoms with Gasteiger partial charge in [-0.3, -0.25) is 4.79 Å². The van der Waals surface area contributed by atoms with Crippen molar-refractivity contribution in [2.24, 2.45) is 0 Å². The predicted octanol–water partition coefficient (Wildman–Crippen LogP) is 3.40. The lowest BCUT2D eigenvalue weighted by atomic mass is 10.1. The van der Waals surface area contributed by atoms with Crippen molar-refractivity contribution in [3.05, 3.63) is 46.5 Å². The van der Waals surface area contributed by atoms with Crippen molar-refractivity contribution in [2.45, 2.75) is 6.92 Å². The molecule has 0 amide bonds. The average molecular weight is 288 g/mol. The van der Waals surface area contributed by atoms with Gasteiger partial charge < -0.3 is 10.1 Å². The van der Waals surface area contributed by atoms with Gasteiger partial charge in [-0.2, -0.15) is 0 Å². The van der Waals surface area contributed by atoms with Crippen LogP contribution in [-0.2, 0) is 0 Å². The van der Waals surface area contributed by atoms with Gasteiger partial charge in [0, 0.05) is 12.6 Å². The lowest BCUT2D eigenvalue weighted by molar-refractivity contribution is 0.105.